The fourth-order valence-electron chi connectivity index (χ4n) is 3.53. The summed E-state index contributed by atoms with van der Waals surface area (Å²) in [6.45, 7) is 6.43. The average molecular weight is 341 g/mol. The molecule has 0 bridgehead atoms. The van der Waals surface area contributed by atoms with Crippen LogP contribution in [0.25, 0.3) is 0 Å². The van der Waals surface area contributed by atoms with Crippen molar-refractivity contribution in [1.82, 2.24) is 9.29 Å². The summed E-state index contributed by atoms with van der Waals surface area (Å²) in [7, 11) is -2.05. The molecule has 3 N–H and O–H groups in total. The van der Waals surface area contributed by atoms with Gasteiger partial charge in [0.25, 0.3) is 5.91 Å². The molecule has 1 fully saturated rings. The van der Waals surface area contributed by atoms with E-state index in [4.69, 9.17) is 5.73 Å². The number of nitrogens with one attached hydrogen (secondary N) is 1. The van der Waals surface area contributed by atoms with Gasteiger partial charge >= 0.3 is 0 Å². The Bertz CT molecular complexity index is 679. The van der Waals surface area contributed by atoms with Crippen molar-refractivity contribution < 1.29 is 13.2 Å². The smallest absolute Gasteiger partial charge is 0.265 e. The highest BCUT2D eigenvalue weighted by Gasteiger charge is 2.34. The minimum atomic E-state index is -3.66. The van der Waals surface area contributed by atoms with Gasteiger partial charge in [-0.15, -0.1) is 0 Å². The van der Waals surface area contributed by atoms with Crippen LogP contribution in [0.1, 0.15) is 50.5 Å². The molecule has 130 valence electrons. The highest BCUT2D eigenvalue weighted by atomic mass is 32.2. The molecule has 0 aliphatic heterocycles. The van der Waals surface area contributed by atoms with E-state index in [0.717, 1.165) is 19.3 Å². The Balaban J connectivity index is 2.25. The Morgan fingerprint density at radius 2 is 2.04 bits per heavy atom. The molecule has 3 atom stereocenters. The third-order valence-electron chi connectivity index (χ3n) is 4.87. The number of hydrogen-bond acceptors (Lipinski definition) is 3. The molecular weight excluding hydrogens is 314 g/mol. The molecule has 0 saturated heterocycles. The molecule has 1 aliphatic rings. The lowest BCUT2D eigenvalue weighted by Crippen LogP contribution is -2.45. The Hall–Kier alpha value is -1.34. The van der Waals surface area contributed by atoms with E-state index in [-0.39, 0.29) is 16.6 Å². The van der Waals surface area contributed by atoms with Gasteiger partial charge in [-0.25, -0.2) is 13.1 Å². The van der Waals surface area contributed by atoms with E-state index < -0.39 is 15.9 Å². The number of sulfonamides is 1. The summed E-state index contributed by atoms with van der Waals surface area (Å²) in [4.78, 5) is 11.4. The lowest BCUT2D eigenvalue weighted by Gasteiger charge is -2.37. The highest BCUT2D eigenvalue weighted by molar-refractivity contribution is 7.89. The maximum Gasteiger partial charge on any atom is 0.265 e. The predicted octanol–water partition coefficient (Wildman–Crippen LogP) is 1.86. The molecule has 7 heteroatoms. The number of carbonyl (C=O) groups excluding carboxylic acids is 1. The molecule has 23 heavy (non-hydrogen) atoms. The quantitative estimate of drug-likeness (QED) is 0.856. The molecule has 0 aromatic carbocycles. The van der Waals surface area contributed by atoms with Gasteiger partial charge in [-0.05, 0) is 36.7 Å². The van der Waals surface area contributed by atoms with Crippen molar-refractivity contribution in [2.75, 3.05) is 0 Å². The third-order valence-corrected chi connectivity index (χ3v) is 6.33. The number of nitrogens with zero attached hydrogens (tertiary/aromatic N) is 1. The van der Waals surface area contributed by atoms with Crippen LogP contribution < -0.4 is 10.5 Å². The fourth-order valence-corrected chi connectivity index (χ4v) is 4.90. The molecule has 1 aliphatic carbocycles. The minimum absolute atomic E-state index is 0.0685. The zero-order valence-corrected chi connectivity index (χ0v) is 15.1. The molecule has 1 aromatic rings. The summed E-state index contributed by atoms with van der Waals surface area (Å²) < 4.78 is 29.7. The standard InChI is InChI=1S/C16H27N3O3S/c1-10(2)13-6-5-11(3)7-14(13)18-23(21,22)12-8-15(16(17)20)19(4)9-12/h8-11,13-14,18H,5-7H2,1-4H3,(H2,17,20). The van der Waals surface area contributed by atoms with E-state index >= 15 is 0 Å². The first kappa shape index (κ1) is 18.0. The zero-order valence-electron chi connectivity index (χ0n) is 14.2. The second-order valence-corrected chi connectivity index (χ2v) is 8.80. The van der Waals surface area contributed by atoms with Gasteiger partial charge in [0, 0.05) is 19.3 Å². The first-order chi connectivity index (χ1) is 10.6. The van der Waals surface area contributed by atoms with Gasteiger partial charge in [0.1, 0.15) is 10.6 Å². The summed E-state index contributed by atoms with van der Waals surface area (Å²) in [5.41, 5.74) is 5.44. The highest BCUT2D eigenvalue weighted by Crippen LogP contribution is 2.34. The number of primary amides is 1. The predicted molar refractivity (Wildman–Crippen MR) is 89.4 cm³/mol. The van der Waals surface area contributed by atoms with Gasteiger partial charge in [0.2, 0.25) is 10.0 Å². The molecule has 1 amide bonds. The first-order valence-corrected chi connectivity index (χ1v) is 9.58. The van der Waals surface area contributed by atoms with Crippen LogP contribution in [-0.2, 0) is 17.1 Å². The molecule has 0 radical (unpaired) electrons. The SMILES string of the molecule is CC1CCC(C(C)C)C(NS(=O)(=O)c2cc(C(N)=O)n(C)c2)C1. The molecular formula is C16H27N3O3S. The number of hydrogen-bond donors (Lipinski definition) is 2. The van der Waals surface area contributed by atoms with Crippen LogP contribution in [0.15, 0.2) is 17.2 Å². The number of amides is 1. The molecule has 1 aromatic heterocycles. The Kier molecular flexibility index (Phi) is 5.20. The Morgan fingerprint density at radius 1 is 1.39 bits per heavy atom. The lowest BCUT2D eigenvalue weighted by atomic mass is 9.74. The van der Waals surface area contributed by atoms with Crippen molar-refractivity contribution in [1.29, 1.82) is 0 Å². The second kappa shape index (κ2) is 6.65. The second-order valence-electron chi connectivity index (χ2n) is 7.09. The number of nitrogens with two attached hydrogens (primary N) is 1. The van der Waals surface area contributed by atoms with Gasteiger partial charge < -0.3 is 10.3 Å². The van der Waals surface area contributed by atoms with Crippen molar-refractivity contribution in [3.05, 3.63) is 18.0 Å². The molecule has 2 rings (SSSR count). The van der Waals surface area contributed by atoms with Crippen molar-refractivity contribution in [3.8, 4) is 0 Å². The normalized spacial score (nSPS) is 25.7. The summed E-state index contributed by atoms with van der Waals surface area (Å²) in [5.74, 6) is 0.627. The van der Waals surface area contributed by atoms with Crippen LogP contribution in [-0.4, -0.2) is 24.9 Å². The van der Waals surface area contributed by atoms with Gasteiger partial charge in [-0.2, -0.15) is 0 Å². The van der Waals surface area contributed by atoms with E-state index in [2.05, 4.69) is 25.5 Å². The average Bonchev–Trinajstić information content (AvgIpc) is 2.81. The maximum atomic E-state index is 12.7. The van der Waals surface area contributed by atoms with Crippen LogP contribution in [0.2, 0.25) is 0 Å². The summed E-state index contributed by atoms with van der Waals surface area (Å²) in [6, 6.07) is 1.27. The largest absolute Gasteiger partial charge is 0.364 e. The maximum absolute atomic E-state index is 12.7. The molecule has 6 nitrogen and oxygen atoms in total. The number of aromatic nitrogens is 1. The fraction of sp³-hybridized carbons (Fsp3) is 0.688. The number of carbonyl (C=O) groups is 1. The van der Waals surface area contributed by atoms with E-state index in [1.807, 2.05) is 0 Å². The summed E-state index contributed by atoms with van der Waals surface area (Å²) in [6.07, 6.45) is 4.45. The van der Waals surface area contributed by atoms with Gasteiger partial charge in [0.05, 0.1) is 0 Å². The monoisotopic (exact) mass is 341 g/mol. The lowest BCUT2D eigenvalue weighted by molar-refractivity contribution is 0.0992. The minimum Gasteiger partial charge on any atom is -0.364 e. The number of aryl methyl sites for hydroxylation is 1. The first-order valence-electron chi connectivity index (χ1n) is 8.10. The van der Waals surface area contributed by atoms with Crippen molar-refractivity contribution in [2.45, 2.75) is 51.0 Å². The van der Waals surface area contributed by atoms with Crippen LogP contribution in [0.4, 0.5) is 0 Å². The van der Waals surface area contributed by atoms with E-state index in [1.54, 1.807) is 7.05 Å². The van der Waals surface area contributed by atoms with Crippen molar-refractivity contribution in [3.63, 3.8) is 0 Å². The number of rotatable bonds is 5. The Labute approximate surface area is 138 Å². The summed E-state index contributed by atoms with van der Waals surface area (Å²) >= 11 is 0. The van der Waals surface area contributed by atoms with Crippen LogP contribution in [0.5, 0.6) is 0 Å². The van der Waals surface area contributed by atoms with E-state index in [1.165, 1.54) is 16.8 Å². The van der Waals surface area contributed by atoms with Crippen LogP contribution >= 0.6 is 0 Å². The van der Waals surface area contributed by atoms with Crippen molar-refractivity contribution >= 4 is 15.9 Å². The van der Waals surface area contributed by atoms with Crippen molar-refractivity contribution in [2.24, 2.45) is 30.5 Å². The molecule has 0 spiro atoms. The van der Waals surface area contributed by atoms with Crippen LogP contribution in [0, 0.1) is 17.8 Å². The van der Waals surface area contributed by atoms with Gasteiger partial charge in [0.15, 0.2) is 0 Å². The Morgan fingerprint density at radius 3 is 2.57 bits per heavy atom. The summed E-state index contributed by atoms with van der Waals surface area (Å²) in [5, 5.41) is 0. The third kappa shape index (κ3) is 3.95. The molecule has 3 unspecified atom stereocenters. The van der Waals surface area contributed by atoms with Gasteiger partial charge in [-0.3, -0.25) is 4.79 Å². The van der Waals surface area contributed by atoms with E-state index in [0.29, 0.717) is 17.8 Å². The van der Waals surface area contributed by atoms with Crippen LogP contribution in [0.3, 0.4) is 0 Å². The molecule has 1 saturated carbocycles. The molecule has 1 heterocycles. The zero-order chi connectivity index (χ0) is 17.4. The van der Waals surface area contributed by atoms with E-state index in [9.17, 15) is 13.2 Å². The van der Waals surface area contributed by atoms with Gasteiger partial charge in [-0.1, -0.05) is 27.2 Å². The topological polar surface area (TPSA) is 94.2 Å².